The molecule has 9 nitrogen and oxygen atoms in total. The number of hydrogen-bond donors (Lipinski definition) is 2. The molecule has 0 spiro atoms. The van der Waals surface area contributed by atoms with Crippen molar-refractivity contribution in [2.75, 3.05) is 26.0 Å². The SMILES string of the molecule is CCN(Cc1cc(C(F)(F)F)c2cn(C3CCCC([C@@H](C4CCC4)C4NNCN4C)C3)c(=O)n2c1)S(=O)(=O)CC. The molecule has 5 rings (SSSR count). The first-order valence-corrected chi connectivity index (χ1v) is 16.0. The third kappa shape index (κ3) is 5.59. The highest BCUT2D eigenvalue weighted by Gasteiger charge is 2.44. The molecule has 2 saturated carbocycles. The number of imidazole rings is 1. The van der Waals surface area contributed by atoms with E-state index in [2.05, 4.69) is 22.8 Å². The minimum atomic E-state index is -4.70. The second-order valence-corrected chi connectivity index (χ2v) is 13.9. The summed E-state index contributed by atoms with van der Waals surface area (Å²) in [5.74, 6) is 1.21. The fraction of sp³-hybridized carbons (Fsp3) is 0.741. The summed E-state index contributed by atoms with van der Waals surface area (Å²) in [4.78, 5) is 15.9. The molecule has 3 fully saturated rings. The lowest BCUT2D eigenvalue weighted by molar-refractivity contribution is -0.136. The van der Waals surface area contributed by atoms with Crippen molar-refractivity contribution in [3.8, 4) is 0 Å². The van der Waals surface area contributed by atoms with Gasteiger partial charge in [-0.25, -0.2) is 24.1 Å². The second kappa shape index (κ2) is 11.4. The molecular formula is C27H41F3N6O3S. The number of rotatable bonds is 9. The molecule has 1 saturated heterocycles. The van der Waals surface area contributed by atoms with Crippen LogP contribution in [0, 0.1) is 17.8 Å². The Labute approximate surface area is 233 Å². The van der Waals surface area contributed by atoms with E-state index in [0.29, 0.717) is 17.8 Å². The van der Waals surface area contributed by atoms with Crippen LogP contribution in [-0.2, 0) is 22.7 Å². The van der Waals surface area contributed by atoms with Crippen LogP contribution in [0.3, 0.4) is 0 Å². The van der Waals surface area contributed by atoms with Gasteiger partial charge >= 0.3 is 11.9 Å². The van der Waals surface area contributed by atoms with Gasteiger partial charge in [0.15, 0.2) is 0 Å². The Morgan fingerprint density at radius 1 is 1.10 bits per heavy atom. The van der Waals surface area contributed by atoms with Crippen molar-refractivity contribution < 1.29 is 21.6 Å². The first kappa shape index (κ1) is 29.6. The van der Waals surface area contributed by atoms with Gasteiger partial charge in [0.05, 0.1) is 29.7 Å². The van der Waals surface area contributed by atoms with Gasteiger partial charge in [-0.15, -0.1) is 0 Å². The molecule has 1 aliphatic heterocycles. The molecule has 40 heavy (non-hydrogen) atoms. The number of pyridine rings is 1. The van der Waals surface area contributed by atoms with Gasteiger partial charge in [0.2, 0.25) is 10.0 Å². The largest absolute Gasteiger partial charge is 0.418 e. The van der Waals surface area contributed by atoms with Crippen LogP contribution in [-0.4, -0.2) is 58.8 Å². The number of hydrogen-bond acceptors (Lipinski definition) is 6. The van der Waals surface area contributed by atoms with Crippen LogP contribution in [0.15, 0.2) is 23.3 Å². The van der Waals surface area contributed by atoms with E-state index < -0.39 is 27.5 Å². The van der Waals surface area contributed by atoms with Gasteiger partial charge in [0.1, 0.15) is 0 Å². The molecule has 3 unspecified atom stereocenters. The molecule has 3 heterocycles. The maximum atomic E-state index is 14.2. The Bertz CT molecular complexity index is 1370. The lowest BCUT2D eigenvalue weighted by atomic mass is 9.65. The number of halogens is 3. The van der Waals surface area contributed by atoms with E-state index in [1.165, 1.54) is 43.1 Å². The lowest BCUT2D eigenvalue weighted by Crippen LogP contribution is -2.50. The molecule has 3 aliphatic rings. The van der Waals surface area contributed by atoms with Gasteiger partial charge in [-0.3, -0.25) is 13.9 Å². The molecule has 4 atom stereocenters. The highest BCUT2D eigenvalue weighted by molar-refractivity contribution is 7.89. The monoisotopic (exact) mass is 586 g/mol. The minimum absolute atomic E-state index is 0.123. The molecule has 0 aromatic carbocycles. The van der Waals surface area contributed by atoms with Gasteiger partial charge in [0.25, 0.3) is 0 Å². The molecule has 0 radical (unpaired) electrons. The van der Waals surface area contributed by atoms with E-state index in [0.717, 1.165) is 47.1 Å². The van der Waals surface area contributed by atoms with Crippen LogP contribution in [0.4, 0.5) is 13.2 Å². The quantitative estimate of drug-likeness (QED) is 0.465. The van der Waals surface area contributed by atoms with Crippen LogP contribution < -0.4 is 16.5 Å². The third-order valence-corrected chi connectivity index (χ3v) is 11.3. The van der Waals surface area contributed by atoms with Gasteiger partial charge in [-0.05, 0) is 62.6 Å². The van der Waals surface area contributed by atoms with E-state index in [9.17, 15) is 26.4 Å². The highest BCUT2D eigenvalue weighted by Crippen LogP contribution is 2.47. The number of fused-ring (bicyclic) bond motifs is 1. The second-order valence-electron chi connectivity index (χ2n) is 11.7. The predicted octanol–water partition coefficient (Wildman–Crippen LogP) is 3.76. The normalized spacial score (nSPS) is 26.0. The zero-order valence-corrected chi connectivity index (χ0v) is 24.3. The average molecular weight is 587 g/mol. The zero-order valence-electron chi connectivity index (χ0n) is 23.5. The summed E-state index contributed by atoms with van der Waals surface area (Å²) in [6.07, 6.45) is 5.28. The molecule has 0 bridgehead atoms. The van der Waals surface area contributed by atoms with Crippen molar-refractivity contribution in [2.24, 2.45) is 17.8 Å². The highest BCUT2D eigenvalue weighted by atomic mass is 32.2. The Morgan fingerprint density at radius 2 is 1.80 bits per heavy atom. The molecule has 224 valence electrons. The summed E-state index contributed by atoms with van der Waals surface area (Å²) in [5, 5.41) is 0. The average Bonchev–Trinajstić information content (AvgIpc) is 3.46. The van der Waals surface area contributed by atoms with Crippen molar-refractivity contribution in [2.45, 2.75) is 83.7 Å². The minimum Gasteiger partial charge on any atom is -0.295 e. The number of alkyl halides is 3. The van der Waals surface area contributed by atoms with Crippen LogP contribution in [0.5, 0.6) is 0 Å². The van der Waals surface area contributed by atoms with Crippen LogP contribution in [0.1, 0.15) is 76.0 Å². The number of aromatic nitrogens is 2. The third-order valence-electron chi connectivity index (χ3n) is 9.36. The molecule has 2 aromatic rings. The smallest absolute Gasteiger partial charge is 0.295 e. The number of hydrazine groups is 1. The first-order valence-electron chi connectivity index (χ1n) is 14.4. The van der Waals surface area contributed by atoms with Crippen molar-refractivity contribution >= 4 is 15.5 Å². The summed E-state index contributed by atoms with van der Waals surface area (Å²) in [6.45, 7) is 3.79. The predicted molar refractivity (Wildman–Crippen MR) is 147 cm³/mol. The lowest BCUT2D eigenvalue weighted by Gasteiger charge is -2.46. The summed E-state index contributed by atoms with van der Waals surface area (Å²) in [7, 11) is -1.52. The van der Waals surface area contributed by atoms with Crippen molar-refractivity contribution in [1.82, 2.24) is 29.0 Å². The summed E-state index contributed by atoms with van der Waals surface area (Å²) < 4.78 is 71.3. The fourth-order valence-corrected chi connectivity index (χ4v) is 8.14. The Morgan fingerprint density at radius 3 is 2.38 bits per heavy atom. The van der Waals surface area contributed by atoms with Crippen molar-refractivity contribution in [3.63, 3.8) is 0 Å². The van der Waals surface area contributed by atoms with Crippen LogP contribution in [0.25, 0.3) is 5.52 Å². The van der Waals surface area contributed by atoms with Gasteiger partial charge < -0.3 is 0 Å². The number of nitrogens with zero attached hydrogens (tertiary/aromatic N) is 4. The standard InChI is InChI=1S/C27H41F3N6O3S/c1-4-34(40(38,39)5-2)14-18-12-22(27(28,29)30)23-16-35(26(37)36(23)15-18)21-11-7-10-20(13-21)24(19-8-6-9-19)25-32-31-17-33(25)3/h12,15-16,19-21,24-25,31-32H,4-11,13-14,17H2,1-3H3/t20?,21?,24-,25?/m1/s1. The molecule has 0 amide bonds. The van der Waals surface area contributed by atoms with E-state index >= 15 is 0 Å². The topological polar surface area (TPSA) is 91.1 Å². The van der Waals surface area contributed by atoms with Gasteiger partial charge in [-0.2, -0.15) is 17.5 Å². The Hall–Kier alpha value is -1.93. The molecule has 2 aliphatic carbocycles. The Kier molecular flexibility index (Phi) is 8.42. The Balaban J connectivity index is 1.49. The molecular weight excluding hydrogens is 545 g/mol. The zero-order chi connectivity index (χ0) is 28.8. The fourth-order valence-electron chi connectivity index (χ4n) is 7.03. The van der Waals surface area contributed by atoms with Gasteiger partial charge in [-0.1, -0.05) is 32.6 Å². The molecule has 13 heteroatoms. The molecule has 2 aromatic heterocycles. The maximum Gasteiger partial charge on any atom is 0.418 e. The van der Waals surface area contributed by atoms with Crippen LogP contribution in [0.2, 0.25) is 0 Å². The van der Waals surface area contributed by atoms with Crippen molar-refractivity contribution in [1.29, 1.82) is 0 Å². The van der Waals surface area contributed by atoms with Crippen molar-refractivity contribution in [3.05, 3.63) is 40.1 Å². The maximum absolute atomic E-state index is 14.2. The molecule has 2 N–H and O–H groups in total. The number of nitrogens with one attached hydrogen (secondary N) is 2. The van der Waals surface area contributed by atoms with Gasteiger partial charge in [0, 0.05) is 31.5 Å². The van der Waals surface area contributed by atoms with E-state index in [4.69, 9.17) is 0 Å². The van der Waals surface area contributed by atoms with E-state index in [-0.39, 0.29) is 42.1 Å². The summed E-state index contributed by atoms with van der Waals surface area (Å²) >= 11 is 0. The van der Waals surface area contributed by atoms with E-state index in [1.807, 2.05) is 0 Å². The summed E-state index contributed by atoms with van der Waals surface area (Å²) in [6, 6.07) is 0.795. The first-order chi connectivity index (χ1) is 18.9. The van der Waals surface area contributed by atoms with Crippen LogP contribution >= 0.6 is 0 Å². The number of sulfonamides is 1. The van der Waals surface area contributed by atoms with E-state index in [1.54, 1.807) is 6.92 Å². The summed E-state index contributed by atoms with van der Waals surface area (Å²) in [5.41, 5.74) is 5.19.